The van der Waals surface area contributed by atoms with E-state index in [1.165, 1.54) is 12.1 Å². The highest BCUT2D eigenvalue weighted by atomic mass is 35.5. The van der Waals surface area contributed by atoms with Gasteiger partial charge in [0.1, 0.15) is 5.75 Å². The van der Waals surface area contributed by atoms with Gasteiger partial charge in [0.15, 0.2) is 0 Å². The summed E-state index contributed by atoms with van der Waals surface area (Å²) in [5.41, 5.74) is 0.746. The van der Waals surface area contributed by atoms with E-state index >= 15 is 0 Å². The molecule has 0 aliphatic carbocycles. The van der Waals surface area contributed by atoms with Gasteiger partial charge in [-0.25, -0.2) is 9.59 Å². The third kappa shape index (κ3) is 5.11. The van der Waals surface area contributed by atoms with E-state index in [1.807, 2.05) is 6.92 Å². The van der Waals surface area contributed by atoms with Crippen LogP contribution in [0.4, 0.5) is 0 Å². The molecule has 0 bridgehead atoms. The van der Waals surface area contributed by atoms with Crippen molar-refractivity contribution < 1.29 is 19.1 Å². The standard InChI is InChI=1S/C18H17ClO4/c1-2-3-11-22-17(20)13-7-9-14(10-8-13)18(21)23-16-6-4-5-15(19)12-16/h4-10,12H,2-3,11H2,1H3. The highest BCUT2D eigenvalue weighted by molar-refractivity contribution is 6.30. The molecular weight excluding hydrogens is 316 g/mol. The summed E-state index contributed by atoms with van der Waals surface area (Å²) in [4.78, 5) is 23.8. The minimum atomic E-state index is -0.516. The fraction of sp³-hybridized carbons (Fsp3) is 0.222. The molecule has 0 spiro atoms. The van der Waals surface area contributed by atoms with E-state index in [0.717, 1.165) is 12.8 Å². The molecule has 4 nitrogen and oxygen atoms in total. The second-order valence-electron chi connectivity index (χ2n) is 4.91. The van der Waals surface area contributed by atoms with Crippen LogP contribution in [0.15, 0.2) is 48.5 Å². The largest absolute Gasteiger partial charge is 0.462 e. The molecule has 0 N–H and O–H groups in total. The van der Waals surface area contributed by atoms with Gasteiger partial charge in [0, 0.05) is 5.02 Å². The number of unbranched alkanes of at least 4 members (excludes halogenated alkanes) is 1. The number of ether oxygens (including phenoxy) is 2. The number of hydrogen-bond acceptors (Lipinski definition) is 4. The van der Waals surface area contributed by atoms with Crippen LogP contribution in [0.3, 0.4) is 0 Å². The Morgan fingerprint density at radius 2 is 1.65 bits per heavy atom. The summed E-state index contributed by atoms with van der Waals surface area (Å²) in [5.74, 6) is -0.545. The van der Waals surface area contributed by atoms with Gasteiger partial charge in [0.25, 0.3) is 0 Å². The predicted octanol–water partition coefficient (Wildman–Crippen LogP) is 4.52. The van der Waals surface area contributed by atoms with Crippen LogP contribution in [-0.4, -0.2) is 18.5 Å². The Kier molecular flexibility index (Phi) is 6.18. The smallest absolute Gasteiger partial charge is 0.343 e. The molecule has 0 heterocycles. The molecule has 0 radical (unpaired) electrons. The molecular formula is C18H17ClO4. The summed E-state index contributed by atoms with van der Waals surface area (Å²) in [7, 11) is 0. The van der Waals surface area contributed by atoms with Gasteiger partial charge in [0.2, 0.25) is 0 Å². The van der Waals surface area contributed by atoms with Crippen LogP contribution in [0.25, 0.3) is 0 Å². The molecule has 0 fully saturated rings. The van der Waals surface area contributed by atoms with Crippen molar-refractivity contribution in [3.8, 4) is 5.75 Å². The number of esters is 2. The van der Waals surface area contributed by atoms with Crippen LogP contribution < -0.4 is 4.74 Å². The maximum absolute atomic E-state index is 12.0. The van der Waals surface area contributed by atoms with Gasteiger partial charge < -0.3 is 9.47 Å². The SMILES string of the molecule is CCCCOC(=O)c1ccc(C(=O)Oc2cccc(Cl)c2)cc1. The zero-order valence-corrected chi connectivity index (χ0v) is 13.5. The van der Waals surface area contributed by atoms with Crippen LogP contribution in [0, 0.1) is 0 Å². The lowest BCUT2D eigenvalue weighted by Gasteiger charge is -2.06. The zero-order valence-electron chi connectivity index (χ0n) is 12.8. The number of carbonyl (C=O) groups excluding carboxylic acids is 2. The van der Waals surface area contributed by atoms with E-state index in [2.05, 4.69) is 0 Å². The number of halogens is 1. The van der Waals surface area contributed by atoms with Gasteiger partial charge in [-0.05, 0) is 48.9 Å². The van der Waals surface area contributed by atoms with Gasteiger partial charge in [0.05, 0.1) is 17.7 Å². The molecule has 2 aromatic carbocycles. The quantitative estimate of drug-likeness (QED) is 0.443. The maximum atomic E-state index is 12.0. The summed E-state index contributed by atoms with van der Waals surface area (Å²) < 4.78 is 10.3. The molecule has 0 amide bonds. The molecule has 0 aromatic heterocycles. The lowest BCUT2D eigenvalue weighted by molar-refractivity contribution is 0.0499. The third-order valence-corrected chi connectivity index (χ3v) is 3.33. The lowest BCUT2D eigenvalue weighted by atomic mass is 10.1. The predicted molar refractivity (Wildman–Crippen MR) is 88.0 cm³/mol. The van der Waals surface area contributed by atoms with Crippen LogP contribution >= 0.6 is 11.6 Å². The first kappa shape index (κ1) is 17.0. The van der Waals surface area contributed by atoms with Gasteiger partial charge in [-0.1, -0.05) is 31.0 Å². The topological polar surface area (TPSA) is 52.6 Å². The highest BCUT2D eigenvalue weighted by Crippen LogP contribution is 2.18. The summed E-state index contributed by atoms with van der Waals surface area (Å²) in [6.45, 7) is 2.42. The summed E-state index contributed by atoms with van der Waals surface area (Å²) >= 11 is 5.84. The van der Waals surface area contributed by atoms with Gasteiger partial charge in [-0.3, -0.25) is 0 Å². The van der Waals surface area contributed by atoms with E-state index in [-0.39, 0.29) is 0 Å². The average Bonchev–Trinajstić information content (AvgIpc) is 2.55. The second-order valence-corrected chi connectivity index (χ2v) is 5.35. The molecule has 0 saturated carbocycles. The number of rotatable bonds is 6. The fourth-order valence-corrected chi connectivity index (χ4v) is 2.01. The van der Waals surface area contributed by atoms with Crippen molar-refractivity contribution in [3.05, 3.63) is 64.7 Å². The van der Waals surface area contributed by atoms with Crippen LogP contribution in [0.1, 0.15) is 40.5 Å². The zero-order chi connectivity index (χ0) is 16.7. The Hall–Kier alpha value is -2.33. The summed E-state index contributed by atoms with van der Waals surface area (Å²) in [5, 5.41) is 0.487. The van der Waals surface area contributed by atoms with E-state index in [0.29, 0.717) is 28.5 Å². The van der Waals surface area contributed by atoms with Crippen molar-refractivity contribution in [2.24, 2.45) is 0 Å². The Morgan fingerprint density at radius 1 is 1.00 bits per heavy atom. The highest BCUT2D eigenvalue weighted by Gasteiger charge is 2.11. The Bertz CT molecular complexity index is 680. The molecule has 0 aliphatic heterocycles. The Balaban J connectivity index is 1.98. The molecule has 0 aliphatic rings. The lowest BCUT2D eigenvalue weighted by Crippen LogP contribution is -2.10. The van der Waals surface area contributed by atoms with Crippen molar-refractivity contribution in [2.45, 2.75) is 19.8 Å². The molecule has 5 heteroatoms. The van der Waals surface area contributed by atoms with Gasteiger partial charge in [-0.15, -0.1) is 0 Å². The minimum Gasteiger partial charge on any atom is -0.462 e. The first-order valence-electron chi connectivity index (χ1n) is 7.35. The summed E-state index contributed by atoms with van der Waals surface area (Å²) in [6, 6.07) is 12.7. The molecule has 0 saturated heterocycles. The number of hydrogen-bond donors (Lipinski definition) is 0. The van der Waals surface area contributed by atoms with E-state index in [9.17, 15) is 9.59 Å². The Labute approximate surface area is 140 Å². The van der Waals surface area contributed by atoms with Crippen molar-refractivity contribution in [1.29, 1.82) is 0 Å². The molecule has 2 rings (SSSR count). The normalized spacial score (nSPS) is 10.2. The molecule has 2 aromatic rings. The number of carbonyl (C=O) groups is 2. The van der Waals surface area contributed by atoms with E-state index in [1.54, 1.807) is 36.4 Å². The average molecular weight is 333 g/mol. The Morgan fingerprint density at radius 3 is 2.26 bits per heavy atom. The minimum absolute atomic E-state index is 0.343. The molecule has 0 atom stereocenters. The molecule has 120 valence electrons. The first-order chi connectivity index (χ1) is 11.1. The van der Waals surface area contributed by atoms with E-state index < -0.39 is 11.9 Å². The first-order valence-corrected chi connectivity index (χ1v) is 7.73. The maximum Gasteiger partial charge on any atom is 0.343 e. The molecule has 0 unspecified atom stereocenters. The summed E-state index contributed by atoms with van der Waals surface area (Å²) in [6.07, 6.45) is 1.79. The number of benzene rings is 2. The third-order valence-electron chi connectivity index (χ3n) is 3.09. The van der Waals surface area contributed by atoms with Crippen LogP contribution in [0.5, 0.6) is 5.75 Å². The fourth-order valence-electron chi connectivity index (χ4n) is 1.83. The van der Waals surface area contributed by atoms with Gasteiger partial charge >= 0.3 is 11.9 Å². The van der Waals surface area contributed by atoms with Crippen molar-refractivity contribution in [1.82, 2.24) is 0 Å². The van der Waals surface area contributed by atoms with E-state index in [4.69, 9.17) is 21.1 Å². The second kappa shape index (κ2) is 8.34. The van der Waals surface area contributed by atoms with Crippen LogP contribution in [0.2, 0.25) is 5.02 Å². The monoisotopic (exact) mass is 332 g/mol. The van der Waals surface area contributed by atoms with Crippen molar-refractivity contribution in [3.63, 3.8) is 0 Å². The van der Waals surface area contributed by atoms with Crippen molar-refractivity contribution >= 4 is 23.5 Å². The van der Waals surface area contributed by atoms with Crippen LogP contribution in [-0.2, 0) is 4.74 Å². The molecule has 23 heavy (non-hydrogen) atoms. The van der Waals surface area contributed by atoms with Gasteiger partial charge in [-0.2, -0.15) is 0 Å². The van der Waals surface area contributed by atoms with Crippen molar-refractivity contribution in [2.75, 3.05) is 6.61 Å².